The zero-order chi connectivity index (χ0) is 24.7. The summed E-state index contributed by atoms with van der Waals surface area (Å²) >= 11 is 0. The highest BCUT2D eigenvalue weighted by atomic mass is 32.2. The maximum Gasteiger partial charge on any atom is 0.338 e. The zero-order valence-corrected chi connectivity index (χ0v) is 19.8. The third-order valence-electron chi connectivity index (χ3n) is 4.77. The average Bonchev–Trinajstić information content (AvgIpc) is 3.28. The molecule has 0 aliphatic rings. The number of carbonyl (C=O) groups excluding carboxylic acids is 2. The third-order valence-corrected chi connectivity index (χ3v) is 6.01. The largest absolute Gasteiger partial charge is 0.462 e. The number of sulfonamides is 1. The summed E-state index contributed by atoms with van der Waals surface area (Å²) in [7, 11) is -3.71. The lowest BCUT2D eigenvalue weighted by Gasteiger charge is -2.27. The summed E-state index contributed by atoms with van der Waals surface area (Å²) in [5, 5.41) is 3.88. The van der Waals surface area contributed by atoms with Gasteiger partial charge in [-0.25, -0.2) is 18.6 Å². The van der Waals surface area contributed by atoms with Gasteiger partial charge in [0.1, 0.15) is 17.6 Å². The third kappa shape index (κ3) is 6.10. The molecule has 1 heterocycles. The fraction of sp³-hybridized carbons (Fsp3) is 0.208. The van der Waals surface area contributed by atoms with Crippen molar-refractivity contribution in [2.75, 3.05) is 17.2 Å². The maximum atomic E-state index is 12.6. The Morgan fingerprint density at radius 1 is 1.09 bits per heavy atom. The Bertz CT molecular complexity index is 1270. The first-order valence-corrected chi connectivity index (χ1v) is 12.3. The van der Waals surface area contributed by atoms with Gasteiger partial charge in [0.05, 0.1) is 30.3 Å². The molecule has 1 N–H and O–H groups in total. The predicted octanol–water partition coefficient (Wildman–Crippen LogP) is 3.43. The van der Waals surface area contributed by atoms with Crippen LogP contribution in [0.5, 0.6) is 0 Å². The van der Waals surface area contributed by atoms with Gasteiger partial charge in [-0.15, -0.1) is 0 Å². The first-order chi connectivity index (χ1) is 16.2. The number of hydrazone groups is 1. The first kappa shape index (κ1) is 24.7. The van der Waals surface area contributed by atoms with E-state index in [9.17, 15) is 18.0 Å². The lowest BCUT2D eigenvalue weighted by molar-refractivity contribution is -0.121. The highest BCUT2D eigenvalue weighted by Gasteiger charge is 2.28. The number of nitrogens with one attached hydrogen (secondary N) is 1. The van der Waals surface area contributed by atoms with Crippen molar-refractivity contribution in [3.05, 3.63) is 78.1 Å². The molecule has 1 aromatic heterocycles. The van der Waals surface area contributed by atoms with Crippen molar-refractivity contribution >= 4 is 33.8 Å². The second-order valence-electron chi connectivity index (χ2n) is 7.30. The van der Waals surface area contributed by atoms with E-state index in [0.29, 0.717) is 29.4 Å². The Labute approximate surface area is 198 Å². The van der Waals surface area contributed by atoms with E-state index in [4.69, 9.17) is 9.15 Å². The number of ether oxygens (including phenoxy) is 1. The summed E-state index contributed by atoms with van der Waals surface area (Å²) in [4.78, 5) is 24.3. The van der Waals surface area contributed by atoms with Gasteiger partial charge in [0.2, 0.25) is 10.0 Å². The number of benzene rings is 2. The van der Waals surface area contributed by atoms with E-state index < -0.39 is 27.9 Å². The molecular weight excluding hydrogens is 458 g/mol. The van der Waals surface area contributed by atoms with Gasteiger partial charge in [-0.1, -0.05) is 30.3 Å². The van der Waals surface area contributed by atoms with Gasteiger partial charge in [0, 0.05) is 5.56 Å². The van der Waals surface area contributed by atoms with E-state index in [0.717, 1.165) is 16.1 Å². The Morgan fingerprint density at radius 2 is 1.76 bits per heavy atom. The summed E-state index contributed by atoms with van der Waals surface area (Å²) in [5.41, 5.74) is 3.91. The van der Waals surface area contributed by atoms with Gasteiger partial charge in [-0.05, 0) is 50.2 Å². The molecule has 0 fully saturated rings. The quantitative estimate of drug-likeness (QED) is 0.283. The standard InChI is InChI=1S/C24H25N3O6S/c1-4-32-24(29)19-12-10-18(11-13-19)22-15-14-21(33-22)16-25-26-23(28)17(2)27(34(3,30)31)20-8-6-5-7-9-20/h5-17H,4H2,1-3H3,(H,26,28)/b25-16-/t17-/m0/s1. The molecule has 178 valence electrons. The van der Waals surface area contributed by atoms with Gasteiger partial charge in [-0.3, -0.25) is 9.10 Å². The normalized spacial score (nSPS) is 12.3. The maximum absolute atomic E-state index is 12.6. The lowest BCUT2D eigenvalue weighted by atomic mass is 10.1. The van der Waals surface area contributed by atoms with E-state index >= 15 is 0 Å². The number of nitrogens with zero attached hydrogens (tertiary/aromatic N) is 2. The molecule has 10 heteroatoms. The molecule has 34 heavy (non-hydrogen) atoms. The van der Waals surface area contributed by atoms with Crippen molar-refractivity contribution in [1.82, 2.24) is 5.43 Å². The van der Waals surface area contributed by atoms with Crippen LogP contribution >= 0.6 is 0 Å². The van der Waals surface area contributed by atoms with E-state index in [1.54, 1.807) is 73.7 Å². The highest BCUT2D eigenvalue weighted by molar-refractivity contribution is 7.92. The van der Waals surface area contributed by atoms with Crippen molar-refractivity contribution in [2.24, 2.45) is 5.10 Å². The molecule has 3 rings (SSSR count). The van der Waals surface area contributed by atoms with Crippen LogP contribution < -0.4 is 9.73 Å². The molecule has 0 spiro atoms. The Morgan fingerprint density at radius 3 is 2.38 bits per heavy atom. The molecule has 0 saturated carbocycles. The minimum Gasteiger partial charge on any atom is -0.462 e. The van der Waals surface area contributed by atoms with Crippen molar-refractivity contribution in [1.29, 1.82) is 0 Å². The minimum atomic E-state index is -3.71. The summed E-state index contributed by atoms with van der Waals surface area (Å²) in [5.74, 6) is -0.0795. The van der Waals surface area contributed by atoms with Gasteiger partial charge in [0.25, 0.3) is 5.91 Å². The van der Waals surface area contributed by atoms with Crippen LogP contribution in [-0.4, -0.2) is 45.4 Å². The van der Waals surface area contributed by atoms with E-state index in [-0.39, 0.29) is 0 Å². The topological polar surface area (TPSA) is 118 Å². The number of hydrogen-bond acceptors (Lipinski definition) is 7. The van der Waals surface area contributed by atoms with Crippen molar-refractivity contribution in [2.45, 2.75) is 19.9 Å². The predicted molar refractivity (Wildman–Crippen MR) is 129 cm³/mol. The second-order valence-corrected chi connectivity index (χ2v) is 9.16. The second kappa shape index (κ2) is 10.8. The van der Waals surface area contributed by atoms with E-state index in [2.05, 4.69) is 10.5 Å². The summed E-state index contributed by atoms with van der Waals surface area (Å²) in [6, 6.07) is 17.5. The molecule has 0 bridgehead atoms. The van der Waals surface area contributed by atoms with Crippen LogP contribution in [0.4, 0.5) is 5.69 Å². The average molecular weight is 484 g/mol. The lowest BCUT2D eigenvalue weighted by Crippen LogP contribution is -2.46. The van der Waals surface area contributed by atoms with Crippen LogP contribution in [0, 0.1) is 0 Å². The zero-order valence-electron chi connectivity index (χ0n) is 19.0. The van der Waals surface area contributed by atoms with Gasteiger partial charge >= 0.3 is 5.97 Å². The fourth-order valence-electron chi connectivity index (χ4n) is 3.20. The summed E-state index contributed by atoms with van der Waals surface area (Å²) in [6.45, 7) is 3.52. The SMILES string of the molecule is CCOC(=O)c1ccc(-c2ccc(/C=N\NC(=O)[C@H](C)N(c3ccccc3)S(C)(=O)=O)o2)cc1. The molecule has 9 nitrogen and oxygen atoms in total. The monoisotopic (exact) mass is 483 g/mol. The molecule has 3 aromatic rings. The number of rotatable bonds is 9. The van der Waals surface area contributed by atoms with Crippen molar-refractivity contribution in [3.8, 4) is 11.3 Å². The number of para-hydroxylation sites is 1. The molecular formula is C24H25N3O6S. The molecule has 0 aliphatic carbocycles. The summed E-state index contributed by atoms with van der Waals surface area (Å²) < 4.78 is 36.2. The number of carbonyl (C=O) groups is 2. The number of amides is 1. The van der Waals surface area contributed by atoms with E-state index in [1.165, 1.54) is 13.1 Å². The Hall–Kier alpha value is -3.92. The molecule has 0 radical (unpaired) electrons. The smallest absolute Gasteiger partial charge is 0.338 e. The van der Waals surface area contributed by atoms with Crippen LogP contribution in [0.1, 0.15) is 30.0 Å². The molecule has 1 amide bonds. The van der Waals surface area contributed by atoms with Gasteiger partial charge in [0.15, 0.2) is 0 Å². The van der Waals surface area contributed by atoms with Crippen LogP contribution in [0.2, 0.25) is 0 Å². The van der Waals surface area contributed by atoms with Gasteiger partial charge in [-0.2, -0.15) is 5.10 Å². The molecule has 0 unspecified atom stereocenters. The van der Waals surface area contributed by atoms with Crippen molar-refractivity contribution in [3.63, 3.8) is 0 Å². The van der Waals surface area contributed by atoms with Crippen LogP contribution in [0.25, 0.3) is 11.3 Å². The number of anilines is 1. The first-order valence-electron chi connectivity index (χ1n) is 10.5. The van der Waals surface area contributed by atoms with Crippen molar-refractivity contribution < 1.29 is 27.2 Å². The summed E-state index contributed by atoms with van der Waals surface area (Å²) in [6.07, 6.45) is 2.35. The van der Waals surface area contributed by atoms with Crippen LogP contribution in [0.3, 0.4) is 0 Å². The minimum absolute atomic E-state index is 0.301. The number of hydrogen-bond donors (Lipinski definition) is 1. The molecule has 1 atom stereocenters. The number of esters is 1. The number of furan rings is 1. The molecule has 0 saturated heterocycles. The molecule has 2 aromatic carbocycles. The van der Waals surface area contributed by atoms with E-state index in [1.807, 2.05) is 0 Å². The van der Waals surface area contributed by atoms with Crippen LogP contribution in [0.15, 0.2) is 76.2 Å². The Kier molecular flexibility index (Phi) is 7.85. The Balaban J connectivity index is 1.65. The van der Waals surface area contributed by atoms with Crippen LogP contribution in [-0.2, 0) is 19.6 Å². The van der Waals surface area contributed by atoms with Gasteiger partial charge < -0.3 is 9.15 Å². The highest BCUT2D eigenvalue weighted by Crippen LogP contribution is 2.23. The molecule has 0 aliphatic heterocycles. The fourth-order valence-corrected chi connectivity index (χ4v) is 4.37.